The lowest BCUT2D eigenvalue weighted by molar-refractivity contribution is -0.123. The van der Waals surface area contributed by atoms with Crippen LogP contribution in [0.15, 0.2) is 54.6 Å². The number of hydrogen-bond acceptors (Lipinski definition) is 3. The molecule has 4 nitrogen and oxygen atoms in total. The van der Waals surface area contributed by atoms with Gasteiger partial charge in [0, 0.05) is 37.2 Å². The molecule has 1 aliphatic heterocycles. The Morgan fingerprint density at radius 3 is 2.30 bits per heavy atom. The van der Waals surface area contributed by atoms with Crippen molar-refractivity contribution in [2.24, 2.45) is 0 Å². The Kier molecular flexibility index (Phi) is 6.89. The number of nitrogens with zero attached hydrogens (tertiary/aromatic N) is 2. The topological polar surface area (TPSA) is 35.6 Å². The van der Waals surface area contributed by atoms with Crippen LogP contribution in [0.3, 0.4) is 0 Å². The highest BCUT2D eigenvalue weighted by atomic mass is 35.5. The molecule has 0 saturated carbocycles. The number of piperazine rings is 1. The van der Waals surface area contributed by atoms with Crippen LogP contribution < -0.4 is 5.32 Å². The van der Waals surface area contributed by atoms with Gasteiger partial charge < -0.3 is 5.32 Å². The van der Waals surface area contributed by atoms with Crippen LogP contribution in [-0.4, -0.2) is 54.5 Å². The van der Waals surface area contributed by atoms with Gasteiger partial charge in [-0.05, 0) is 37.1 Å². The predicted molar refractivity (Wildman–Crippen MR) is 111 cm³/mol. The highest BCUT2D eigenvalue weighted by Crippen LogP contribution is 2.24. The lowest BCUT2D eigenvalue weighted by atomic mass is 9.98. The molecule has 1 unspecified atom stereocenters. The zero-order valence-corrected chi connectivity index (χ0v) is 16.8. The molecule has 27 heavy (non-hydrogen) atoms. The van der Waals surface area contributed by atoms with E-state index in [9.17, 15) is 4.79 Å². The second kappa shape index (κ2) is 9.36. The molecule has 1 aliphatic rings. The second-order valence-corrected chi connectivity index (χ2v) is 7.81. The van der Waals surface area contributed by atoms with E-state index in [0.717, 1.165) is 37.3 Å². The zero-order chi connectivity index (χ0) is 19.2. The van der Waals surface area contributed by atoms with Crippen LogP contribution >= 0.6 is 11.6 Å². The zero-order valence-electron chi connectivity index (χ0n) is 16.1. The van der Waals surface area contributed by atoms with E-state index in [4.69, 9.17) is 11.6 Å². The van der Waals surface area contributed by atoms with Crippen LogP contribution in [0.4, 0.5) is 0 Å². The summed E-state index contributed by atoms with van der Waals surface area (Å²) in [6.07, 6.45) is 0. The van der Waals surface area contributed by atoms with Gasteiger partial charge >= 0.3 is 0 Å². The average Bonchev–Trinajstić information content (AvgIpc) is 2.67. The number of nitrogens with one attached hydrogen (secondary N) is 1. The van der Waals surface area contributed by atoms with Crippen molar-refractivity contribution in [3.63, 3.8) is 0 Å². The van der Waals surface area contributed by atoms with Crippen LogP contribution in [0.5, 0.6) is 0 Å². The summed E-state index contributed by atoms with van der Waals surface area (Å²) in [7, 11) is 0. The van der Waals surface area contributed by atoms with E-state index in [-0.39, 0.29) is 11.9 Å². The van der Waals surface area contributed by atoms with Crippen LogP contribution in [0.2, 0.25) is 5.02 Å². The number of carbonyl (C=O) groups is 1. The molecular weight excluding hydrogens is 358 g/mol. The van der Waals surface area contributed by atoms with Gasteiger partial charge in [0.05, 0.1) is 12.6 Å². The number of amides is 1. The van der Waals surface area contributed by atoms with Crippen molar-refractivity contribution in [3.8, 4) is 0 Å². The van der Waals surface area contributed by atoms with Crippen molar-refractivity contribution in [2.45, 2.75) is 25.9 Å². The summed E-state index contributed by atoms with van der Waals surface area (Å²) in [4.78, 5) is 17.5. The van der Waals surface area contributed by atoms with Crippen molar-refractivity contribution in [3.05, 3.63) is 70.7 Å². The average molecular weight is 386 g/mol. The van der Waals surface area contributed by atoms with E-state index in [0.29, 0.717) is 17.6 Å². The van der Waals surface area contributed by atoms with Gasteiger partial charge in [0.1, 0.15) is 0 Å². The lowest BCUT2D eigenvalue weighted by Crippen LogP contribution is -2.51. The van der Waals surface area contributed by atoms with Gasteiger partial charge in [0.15, 0.2) is 0 Å². The number of carbonyl (C=O) groups excluding carboxylic acids is 1. The Balaban J connectivity index is 1.67. The Morgan fingerprint density at radius 2 is 1.67 bits per heavy atom. The maximum Gasteiger partial charge on any atom is 0.234 e. The minimum absolute atomic E-state index is 0.0434. The molecule has 1 amide bonds. The third-order valence-corrected chi connectivity index (χ3v) is 5.36. The van der Waals surface area contributed by atoms with Gasteiger partial charge in [-0.15, -0.1) is 0 Å². The molecule has 0 spiro atoms. The van der Waals surface area contributed by atoms with Crippen LogP contribution in [-0.2, 0) is 4.79 Å². The van der Waals surface area contributed by atoms with Crippen LogP contribution in [0.25, 0.3) is 0 Å². The predicted octanol–water partition coefficient (Wildman–Crippen LogP) is 3.57. The SMILES string of the molecule is CC(C)N1CCN(CC(=O)NC(c2ccccc2)c2cccc(Cl)c2)CC1. The second-order valence-electron chi connectivity index (χ2n) is 7.37. The summed E-state index contributed by atoms with van der Waals surface area (Å²) in [6, 6.07) is 18.1. The Morgan fingerprint density at radius 1 is 1.00 bits per heavy atom. The molecule has 0 bridgehead atoms. The number of halogens is 1. The molecule has 1 atom stereocenters. The minimum atomic E-state index is -0.200. The molecule has 2 aromatic rings. The van der Waals surface area contributed by atoms with E-state index in [2.05, 4.69) is 29.0 Å². The van der Waals surface area contributed by atoms with Crippen molar-refractivity contribution >= 4 is 17.5 Å². The van der Waals surface area contributed by atoms with Gasteiger partial charge in [0.25, 0.3) is 0 Å². The van der Waals surface area contributed by atoms with E-state index in [1.807, 2.05) is 54.6 Å². The highest BCUT2D eigenvalue weighted by Gasteiger charge is 2.22. The molecule has 5 heteroatoms. The fourth-order valence-corrected chi connectivity index (χ4v) is 3.74. The van der Waals surface area contributed by atoms with E-state index in [1.54, 1.807) is 0 Å². The Bertz CT molecular complexity index is 742. The summed E-state index contributed by atoms with van der Waals surface area (Å²) in [5, 5.41) is 3.88. The first-order valence-corrected chi connectivity index (χ1v) is 9.97. The molecular formula is C22H28ClN3O. The van der Waals surface area contributed by atoms with Gasteiger partial charge in [0.2, 0.25) is 5.91 Å². The number of rotatable bonds is 6. The molecule has 1 N–H and O–H groups in total. The maximum atomic E-state index is 12.8. The van der Waals surface area contributed by atoms with E-state index in [1.165, 1.54) is 0 Å². The summed E-state index contributed by atoms with van der Waals surface area (Å²) < 4.78 is 0. The summed E-state index contributed by atoms with van der Waals surface area (Å²) in [6.45, 7) is 8.76. The monoisotopic (exact) mass is 385 g/mol. The number of benzene rings is 2. The molecule has 1 saturated heterocycles. The Hall–Kier alpha value is -1.88. The normalized spacial score (nSPS) is 17.0. The first-order valence-electron chi connectivity index (χ1n) is 9.59. The molecule has 1 fully saturated rings. The van der Waals surface area contributed by atoms with Gasteiger partial charge in [-0.2, -0.15) is 0 Å². The van der Waals surface area contributed by atoms with Crippen molar-refractivity contribution in [1.29, 1.82) is 0 Å². The standard InChI is InChI=1S/C22H28ClN3O/c1-17(2)26-13-11-25(12-14-26)16-21(27)24-22(18-7-4-3-5-8-18)19-9-6-10-20(23)15-19/h3-10,15,17,22H,11-14,16H2,1-2H3,(H,24,27). The molecule has 0 radical (unpaired) electrons. The van der Waals surface area contributed by atoms with Crippen molar-refractivity contribution < 1.29 is 4.79 Å². The fourth-order valence-electron chi connectivity index (χ4n) is 3.54. The molecule has 3 rings (SSSR count). The molecule has 0 aromatic heterocycles. The largest absolute Gasteiger partial charge is 0.344 e. The van der Waals surface area contributed by atoms with E-state index >= 15 is 0 Å². The highest BCUT2D eigenvalue weighted by molar-refractivity contribution is 6.30. The third kappa shape index (κ3) is 5.55. The van der Waals surface area contributed by atoms with Crippen molar-refractivity contribution in [1.82, 2.24) is 15.1 Å². The van der Waals surface area contributed by atoms with E-state index < -0.39 is 0 Å². The van der Waals surface area contributed by atoms with Gasteiger partial charge in [-0.25, -0.2) is 0 Å². The van der Waals surface area contributed by atoms with Crippen molar-refractivity contribution in [2.75, 3.05) is 32.7 Å². The molecule has 2 aromatic carbocycles. The van der Waals surface area contributed by atoms with Gasteiger partial charge in [-0.1, -0.05) is 54.1 Å². The van der Waals surface area contributed by atoms with Gasteiger partial charge in [-0.3, -0.25) is 14.6 Å². The summed E-state index contributed by atoms with van der Waals surface area (Å²) in [5.41, 5.74) is 2.05. The molecule has 144 valence electrons. The Labute approximate surface area is 167 Å². The summed E-state index contributed by atoms with van der Waals surface area (Å²) >= 11 is 6.18. The first kappa shape index (κ1) is 19.9. The maximum absolute atomic E-state index is 12.8. The molecule has 1 heterocycles. The molecule has 0 aliphatic carbocycles. The quantitative estimate of drug-likeness (QED) is 0.825. The smallest absolute Gasteiger partial charge is 0.234 e. The summed E-state index contributed by atoms with van der Waals surface area (Å²) in [5.74, 6) is 0.0434. The van der Waals surface area contributed by atoms with Crippen LogP contribution in [0, 0.1) is 0 Å². The third-order valence-electron chi connectivity index (χ3n) is 5.12. The fraction of sp³-hybridized carbons (Fsp3) is 0.409. The van der Waals surface area contributed by atoms with Crippen LogP contribution in [0.1, 0.15) is 31.0 Å². The minimum Gasteiger partial charge on any atom is -0.344 e. The number of hydrogen-bond donors (Lipinski definition) is 1. The first-order chi connectivity index (χ1) is 13.0. The lowest BCUT2D eigenvalue weighted by Gasteiger charge is -2.36.